The average Bonchev–Trinajstić information content (AvgIpc) is 4.10. The molecule has 0 spiro atoms. The van der Waals surface area contributed by atoms with Crippen molar-refractivity contribution in [2.24, 2.45) is 0 Å². The number of carbonyl (C=O) groups is 5. The Bertz CT molecular complexity index is 3010. The molecule has 0 aliphatic heterocycles. The van der Waals surface area contributed by atoms with Crippen molar-refractivity contribution in [1.29, 1.82) is 0 Å². The number of esters is 1. The number of rotatable bonds is 16. The van der Waals surface area contributed by atoms with Crippen molar-refractivity contribution in [3.05, 3.63) is 144 Å². The molecule has 0 saturated carbocycles. The summed E-state index contributed by atoms with van der Waals surface area (Å²) in [4.78, 5) is 83.7. The molecule has 8 rings (SSSR count). The van der Waals surface area contributed by atoms with E-state index in [1.165, 1.54) is 7.11 Å². The zero-order valence-corrected chi connectivity index (χ0v) is 36.5. The van der Waals surface area contributed by atoms with Gasteiger partial charge in [0.15, 0.2) is 0 Å². The number of hydrogen-bond acceptors (Lipinski definition) is 7. The molecule has 8 N–H and O–H groups in total. The fourth-order valence-corrected chi connectivity index (χ4v) is 8.31. The molecule has 4 amide bonds. The van der Waals surface area contributed by atoms with E-state index < -0.39 is 59.6 Å². The van der Waals surface area contributed by atoms with Crippen molar-refractivity contribution in [3.8, 4) is 0 Å². The minimum Gasteiger partial charge on any atom is -0.467 e. The summed E-state index contributed by atoms with van der Waals surface area (Å²) in [5.74, 6) is -2.62. The van der Waals surface area contributed by atoms with Crippen LogP contribution in [-0.2, 0) is 54.3 Å². The highest BCUT2D eigenvalue weighted by Gasteiger charge is 2.34. The molecule has 15 heteroatoms. The maximum Gasteiger partial charge on any atom is 0.408 e. The summed E-state index contributed by atoms with van der Waals surface area (Å²) in [6.45, 7) is 5.17. The lowest BCUT2D eigenvalue weighted by molar-refractivity contribution is -0.145. The van der Waals surface area contributed by atoms with Crippen LogP contribution >= 0.6 is 0 Å². The number of nitrogens with one attached hydrogen (secondary N) is 8. The van der Waals surface area contributed by atoms with Crippen LogP contribution in [0, 0.1) is 0 Å². The van der Waals surface area contributed by atoms with Crippen LogP contribution in [0.4, 0.5) is 4.79 Å². The largest absolute Gasteiger partial charge is 0.467 e. The Morgan fingerprint density at radius 2 is 0.754 bits per heavy atom. The molecule has 4 aromatic carbocycles. The molecule has 0 aliphatic carbocycles. The summed E-state index contributed by atoms with van der Waals surface area (Å²) in [6.07, 6.45) is 6.54. The van der Waals surface area contributed by atoms with E-state index in [1.54, 1.807) is 45.6 Å². The molecule has 0 radical (unpaired) electrons. The van der Waals surface area contributed by atoms with E-state index >= 15 is 0 Å². The number of alkyl carbamates (subject to hydrolysis) is 1. The molecule has 0 fully saturated rings. The molecule has 65 heavy (non-hydrogen) atoms. The van der Waals surface area contributed by atoms with Crippen LogP contribution in [0.3, 0.4) is 0 Å². The molecule has 8 aromatic rings. The van der Waals surface area contributed by atoms with Crippen LogP contribution in [-0.4, -0.2) is 86.6 Å². The number of ether oxygens (including phenoxy) is 2. The van der Waals surface area contributed by atoms with E-state index in [9.17, 15) is 24.0 Å². The van der Waals surface area contributed by atoms with Gasteiger partial charge in [-0.1, -0.05) is 72.8 Å². The van der Waals surface area contributed by atoms with Gasteiger partial charge in [-0.25, -0.2) is 9.59 Å². The summed E-state index contributed by atoms with van der Waals surface area (Å²) in [5, 5.41) is 14.9. The number of H-pyrrole nitrogens is 4. The molecule has 0 saturated heterocycles. The number of amides is 4. The van der Waals surface area contributed by atoms with Crippen molar-refractivity contribution in [1.82, 2.24) is 41.2 Å². The second kappa shape index (κ2) is 18.9. The SMILES string of the molecule is COC(=O)[C@H](Cc1c[nH]c2ccccc12)NC(=O)[C@H](Cc1c[nH]c2ccccc12)NC(=O)[C@H](Cc1c[nH]c2ccccc12)NC(=O)[C@@H](Cc1c[nH]c2ccccc12)NC(=O)OC(C)(C)C. The monoisotopic (exact) mass is 876 g/mol. The lowest BCUT2D eigenvalue weighted by atomic mass is 10.00. The standard InChI is InChI=1S/C50H52N8O7/c1-50(2,3)65-49(63)58-43(23-31-27-53-39-19-11-7-15-35(31)39)47(61)56-41(21-29-25-51-37-17-9-5-13-33(29)37)45(59)55-42(22-30-26-52-38-18-10-6-14-34(30)38)46(60)57-44(48(62)64-4)24-32-28-54-40-20-12-8-16-36(32)40/h5-20,25-28,41-44,51-54H,21-24H2,1-4H3,(H,55,59)(H,56,61)(H,57,60)(H,58,63)/t41-,42-,43+,44-/m0/s1. The van der Waals surface area contributed by atoms with Gasteiger partial charge in [0.2, 0.25) is 17.7 Å². The number of benzene rings is 4. The Labute approximate surface area is 374 Å². The zero-order chi connectivity index (χ0) is 45.7. The van der Waals surface area contributed by atoms with Crippen LogP contribution in [0.2, 0.25) is 0 Å². The van der Waals surface area contributed by atoms with Crippen molar-refractivity contribution in [2.45, 2.75) is 76.2 Å². The normalized spacial score (nSPS) is 13.5. The van der Waals surface area contributed by atoms with Gasteiger partial charge in [0, 0.05) is 94.1 Å². The van der Waals surface area contributed by atoms with Gasteiger partial charge in [-0.15, -0.1) is 0 Å². The van der Waals surface area contributed by atoms with Gasteiger partial charge in [0.25, 0.3) is 0 Å². The molecule has 334 valence electrons. The summed E-state index contributed by atoms with van der Waals surface area (Å²) in [7, 11) is 1.25. The smallest absolute Gasteiger partial charge is 0.408 e. The second-order valence-corrected chi connectivity index (χ2v) is 17.2. The van der Waals surface area contributed by atoms with Gasteiger partial charge < -0.3 is 50.7 Å². The van der Waals surface area contributed by atoms with E-state index in [0.717, 1.165) is 65.9 Å². The lowest BCUT2D eigenvalue weighted by Crippen LogP contribution is -2.59. The van der Waals surface area contributed by atoms with Gasteiger partial charge in [0.05, 0.1) is 7.11 Å². The summed E-state index contributed by atoms with van der Waals surface area (Å²) >= 11 is 0. The molecule has 4 atom stereocenters. The number of aromatic amines is 4. The molecular weight excluding hydrogens is 825 g/mol. The Balaban J connectivity index is 1.12. The Morgan fingerprint density at radius 1 is 0.462 bits per heavy atom. The van der Waals surface area contributed by atoms with Crippen LogP contribution < -0.4 is 21.3 Å². The van der Waals surface area contributed by atoms with Crippen molar-refractivity contribution >= 4 is 73.4 Å². The number of methoxy groups -OCH3 is 1. The van der Waals surface area contributed by atoms with E-state index in [1.807, 2.05) is 97.1 Å². The fraction of sp³-hybridized carbons (Fsp3) is 0.260. The highest BCUT2D eigenvalue weighted by molar-refractivity contribution is 5.97. The lowest BCUT2D eigenvalue weighted by Gasteiger charge is -2.27. The first-order valence-electron chi connectivity index (χ1n) is 21.5. The molecule has 15 nitrogen and oxygen atoms in total. The molecular formula is C50H52N8O7. The van der Waals surface area contributed by atoms with E-state index in [4.69, 9.17) is 9.47 Å². The first kappa shape index (κ1) is 43.8. The van der Waals surface area contributed by atoms with E-state index in [2.05, 4.69) is 41.2 Å². The molecule has 4 aromatic heterocycles. The first-order valence-corrected chi connectivity index (χ1v) is 21.5. The second-order valence-electron chi connectivity index (χ2n) is 17.2. The van der Waals surface area contributed by atoms with E-state index in [0.29, 0.717) is 0 Å². The number of carbonyl (C=O) groups excluding carboxylic acids is 5. The van der Waals surface area contributed by atoms with Gasteiger partial charge in [-0.05, 0) is 67.3 Å². The number of para-hydroxylation sites is 4. The third kappa shape index (κ3) is 10.2. The maximum atomic E-state index is 14.9. The van der Waals surface area contributed by atoms with Crippen LogP contribution in [0.25, 0.3) is 43.6 Å². The summed E-state index contributed by atoms with van der Waals surface area (Å²) in [6, 6.07) is 25.6. The fourth-order valence-electron chi connectivity index (χ4n) is 8.31. The van der Waals surface area contributed by atoms with E-state index in [-0.39, 0.29) is 25.7 Å². The van der Waals surface area contributed by atoms with Crippen molar-refractivity contribution in [2.75, 3.05) is 7.11 Å². The minimum atomic E-state index is -1.26. The highest BCUT2D eigenvalue weighted by Crippen LogP contribution is 2.24. The summed E-state index contributed by atoms with van der Waals surface area (Å²) in [5.41, 5.74) is 5.56. The number of hydrogen-bond donors (Lipinski definition) is 8. The first-order chi connectivity index (χ1) is 31.3. The topological polar surface area (TPSA) is 215 Å². The third-order valence-corrected chi connectivity index (χ3v) is 11.5. The van der Waals surface area contributed by atoms with Crippen molar-refractivity contribution < 1.29 is 33.4 Å². The third-order valence-electron chi connectivity index (χ3n) is 11.5. The number of aromatic nitrogens is 4. The Hall–Kier alpha value is -7.81. The molecule has 0 unspecified atom stereocenters. The minimum absolute atomic E-state index is 0.0145. The predicted molar refractivity (Wildman–Crippen MR) is 249 cm³/mol. The molecule has 4 heterocycles. The Morgan fingerprint density at radius 3 is 1.08 bits per heavy atom. The number of fused-ring (bicyclic) bond motifs is 4. The predicted octanol–water partition coefficient (Wildman–Crippen LogP) is 6.40. The van der Waals surface area contributed by atoms with Gasteiger partial charge in [0.1, 0.15) is 29.8 Å². The van der Waals surface area contributed by atoms with Crippen molar-refractivity contribution in [3.63, 3.8) is 0 Å². The average molecular weight is 877 g/mol. The van der Waals surface area contributed by atoms with Crippen LogP contribution in [0.1, 0.15) is 43.0 Å². The molecule has 0 aliphatic rings. The Kier molecular flexibility index (Phi) is 12.7. The maximum absolute atomic E-state index is 14.9. The van der Waals surface area contributed by atoms with Gasteiger partial charge in [-0.3, -0.25) is 14.4 Å². The summed E-state index contributed by atoms with van der Waals surface area (Å²) < 4.78 is 10.7. The van der Waals surface area contributed by atoms with Crippen LogP contribution in [0.5, 0.6) is 0 Å². The van der Waals surface area contributed by atoms with Gasteiger partial charge >= 0.3 is 12.1 Å². The molecule has 0 bridgehead atoms. The quantitative estimate of drug-likeness (QED) is 0.0511. The highest BCUT2D eigenvalue weighted by atomic mass is 16.6. The van der Waals surface area contributed by atoms with Gasteiger partial charge in [-0.2, -0.15) is 0 Å². The zero-order valence-electron chi connectivity index (χ0n) is 36.5. The van der Waals surface area contributed by atoms with Crippen LogP contribution in [0.15, 0.2) is 122 Å².